The van der Waals surface area contributed by atoms with Crippen LogP contribution in [0.1, 0.15) is 24.0 Å². The van der Waals surface area contributed by atoms with Crippen molar-refractivity contribution >= 4 is 17.3 Å². The zero-order valence-electron chi connectivity index (χ0n) is 11.9. The molecule has 1 N–H and O–H groups in total. The Bertz CT molecular complexity index is 648. The second-order valence-electron chi connectivity index (χ2n) is 4.93. The lowest BCUT2D eigenvalue weighted by molar-refractivity contribution is -0.384. The molecule has 0 radical (unpaired) electrons. The molecule has 0 aliphatic rings. The number of aryl methyl sites for hydroxylation is 1. The van der Waals surface area contributed by atoms with Crippen LogP contribution in [-0.4, -0.2) is 10.8 Å². The van der Waals surface area contributed by atoms with Crippen LogP contribution in [0, 0.1) is 17.0 Å². The van der Waals surface area contributed by atoms with Crippen LogP contribution in [0.5, 0.6) is 0 Å². The monoisotopic (exact) mass is 284 g/mol. The maximum atomic E-state index is 12.2. The number of hydrogen-bond donors (Lipinski definition) is 1. The lowest BCUT2D eigenvalue weighted by Gasteiger charge is -2.12. The molecular weight excluding hydrogens is 268 g/mol. The van der Waals surface area contributed by atoms with Gasteiger partial charge in [-0.15, -0.1) is 0 Å². The Morgan fingerprint density at radius 1 is 1.10 bits per heavy atom. The maximum absolute atomic E-state index is 12.2. The second kappa shape index (κ2) is 6.17. The van der Waals surface area contributed by atoms with E-state index in [0.29, 0.717) is 0 Å². The zero-order chi connectivity index (χ0) is 15.4. The van der Waals surface area contributed by atoms with E-state index in [-0.39, 0.29) is 17.5 Å². The smallest absolute Gasteiger partial charge is 0.269 e. The van der Waals surface area contributed by atoms with E-state index in [4.69, 9.17) is 0 Å². The molecule has 0 saturated carbocycles. The van der Waals surface area contributed by atoms with Crippen molar-refractivity contribution < 1.29 is 9.72 Å². The van der Waals surface area contributed by atoms with Gasteiger partial charge in [-0.05, 0) is 31.5 Å². The molecule has 0 saturated heterocycles. The number of carbonyl (C=O) groups excluding carboxylic acids is 1. The normalized spacial score (nSPS) is 11.7. The first-order chi connectivity index (χ1) is 9.97. The van der Waals surface area contributed by atoms with Crippen LogP contribution in [0.25, 0.3) is 0 Å². The van der Waals surface area contributed by atoms with E-state index in [9.17, 15) is 14.9 Å². The predicted molar refractivity (Wildman–Crippen MR) is 81.3 cm³/mol. The van der Waals surface area contributed by atoms with Crippen LogP contribution >= 0.6 is 0 Å². The quantitative estimate of drug-likeness (QED) is 0.688. The van der Waals surface area contributed by atoms with E-state index >= 15 is 0 Å². The number of amides is 1. The van der Waals surface area contributed by atoms with E-state index in [1.54, 1.807) is 19.1 Å². The SMILES string of the molecule is Cc1ccc(NC(=O)[C@@H](C)c2ccc([N+](=O)[O-])cc2)cc1. The minimum Gasteiger partial charge on any atom is -0.326 e. The number of benzene rings is 2. The van der Waals surface area contributed by atoms with Crippen LogP contribution in [-0.2, 0) is 4.79 Å². The number of nitro groups is 1. The molecular formula is C16H16N2O3. The van der Waals surface area contributed by atoms with Gasteiger partial charge in [0.05, 0.1) is 10.8 Å². The number of nitro benzene ring substituents is 1. The Labute approximate surface area is 122 Å². The Hall–Kier alpha value is -2.69. The minimum absolute atomic E-state index is 0.0184. The highest BCUT2D eigenvalue weighted by atomic mass is 16.6. The molecule has 0 aliphatic carbocycles. The molecule has 0 bridgehead atoms. The lowest BCUT2D eigenvalue weighted by atomic mass is 10.00. The fraction of sp³-hybridized carbons (Fsp3) is 0.188. The molecule has 5 nitrogen and oxygen atoms in total. The number of carbonyl (C=O) groups is 1. The fourth-order valence-corrected chi connectivity index (χ4v) is 1.92. The molecule has 21 heavy (non-hydrogen) atoms. The van der Waals surface area contributed by atoms with Gasteiger partial charge in [-0.1, -0.05) is 29.8 Å². The van der Waals surface area contributed by atoms with Gasteiger partial charge in [-0.3, -0.25) is 14.9 Å². The first-order valence-corrected chi connectivity index (χ1v) is 6.59. The van der Waals surface area contributed by atoms with E-state index < -0.39 is 4.92 Å². The van der Waals surface area contributed by atoms with Gasteiger partial charge < -0.3 is 5.32 Å². The largest absolute Gasteiger partial charge is 0.326 e. The third kappa shape index (κ3) is 3.66. The molecule has 0 fully saturated rings. The third-order valence-electron chi connectivity index (χ3n) is 3.32. The first kappa shape index (κ1) is 14.7. The highest BCUT2D eigenvalue weighted by molar-refractivity contribution is 5.95. The summed E-state index contributed by atoms with van der Waals surface area (Å²) < 4.78 is 0. The van der Waals surface area contributed by atoms with Crippen LogP contribution in [0.4, 0.5) is 11.4 Å². The topological polar surface area (TPSA) is 72.2 Å². The number of rotatable bonds is 4. The van der Waals surface area contributed by atoms with Crippen molar-refractivity contribution in [3.63, 3.8) is 0 Å². The minimum atomic E-state index is -0.458. The standard InChI is InChI=1S/C16H16N2O3/c1-11-3-7-14(8-4-11)17-16(19)12(2)13-5-9-15(10-6-13)18(20)21/h3-10,12H,1-2H3,(H,17,19)/t12-/m0/s1. The second-order valence-corrected chi connectivity index (χ2v) is 4.93. The molecule has 5 heteroatoms. The Morgan fingerprint density at radius 2 is 1.67 bits per heavy atom. The van der Waals surface area contributed by atoms with Gasteiger partial charge >= 0.3 is 0 Å². The van der Waals surface area contributed by atoms with Crippen LogP contribution in [0.15, 0.2) is 48.5 Å². The summed E-state index contributed by atoms with van der Waals surface area (Å²) in [5.41, 5.74) is 2.62. The van der Waals surface area contributed by atoms with E-state index in [0.717, 1.165) is 16.8 Å². The molecule has 0 aromatic heterocycles. The van der Waals surface area contributed by atoms with Gasteiger partial charge in [0.1, 0.15) is 0 Å². The predicted octanol–water partition coefficient (Wildman–Crippen LogP) is 3.65. The first-order valence-electron chi connectivity index (χ1n) is 6.59. The Balaban J connectivity index is 2.08. The highest BCUT2D eigenvalue weighted by Gasteiger charge is 2.16. The van der Waals surface area contributed by atoms with Crippen LogP contribution in [0.3, 0.4) is 0 Å². The van der Waals surface area contributed by atoms with Gasteiger partial charge in [0.15, 0.2) is 0 Å². The molecule has 0 heterocycles. The summed E-state index contributed by atoms with van der Waals surface area (Å²) in [7, 11) is 0. The van der Waals surface area contributed by atoms with Crippen LogP contribution < -0.4 is 5.32 Å². The van der Waals surface area contributed by atoms with Crippen molar-refractivity contribution in [2.45, 2.75) is 19.8 Å². The highest BCUT2D eigenvalue weighted by Crippen LogP contribution is 2.21. The van der Waals surface area contributed by atoms with Gasteiger partial charge in [0, 0.05) is 17.8 Å². The molecule has 108 valence electrons. The molecule has 0 unspecified atom stereocenters. The molecule has 2 aromatic rings. The number of anilines is 1. The number of nitrogens with zero attached hydrogens (tertiary/aromatic N) is 1. The zero-order valence-corrected chi connectivity index (χ0v) is 11.9. The molecule has 2 aromatic carbocycles. The van der Waals surface area contributed by atoms with Crippen molar-refractivity contribution in [3.05, 3.63) is 69.8 Å². The summed E-state index contributed by atoms with van der Waals surface area (Å²) in [5.74, 6) is -0.528. The van der Waals surface area contributed by atoms with E-state index in [2.05, 4.69) is 5.32 Å². The summed E-state index contributed by atoms with van der Waals surface area (Å²) in [6.45, 7) is 3.75. The molecule has 0 aliphatic heterocycles. The third-order valence-corrected chi connectivity index (χ3v) is 3.32. The van der Waals surface area contributed by atoms with E-state index in [1.807, 2.05) is 31.2 Å². The average Bonchev–Trinajstić information content (AvgIpc) is 2.49. The summed E-state index contributed by atoms with van der Waals surface area (Å²) in [6.07, 6.45) is 0. The summed E-state index contributed by atoms with van der Waals surface area (Å²) in [6, 6.07) is 13.6. The summed E-state index contributed by atoms with van der Waals surface area (Å²) in [5, 5.41) is 13.4. The molecule has 1 amide bonds. The Kier molecular flexibility index (Phi) is 4.33. The average molecular weight is 284 g/mol. The van der Waals surface area contributed by atoms with Crippen molar-refractivity contribution in [2.75, 3.05) is 5.32 Å². The Morgan fingerprint density at radius 3 is 2.19 bits per heavy atom. The van der Waals surface area contributed by atoms with Gasteiger partial charge in [0.25, 0.3) is 5.69 Å². The maximum Gasteiger partial charge on any atom is 0.269 e. The van der Waals surface area contributed by atoms with Gasteiger partial charge in [0.2, 0.25) is 5.91 Å². The van der Waals surface area contributed by atoms with E-state index in [1.165, 1.54) is 12.1 Å². The van der Waals surface area contributed by atoms with Crippen molar-refractivity contribution in [2.24, 2.45) is 0 Å². The van der Waals surface area contributed by atoms with Gasteiger partial charge in [-0.25, -0.2) is 0 Å². The summed E-state index contributed by atoms with van der Waals surface area (Å²) in [4.78, 5) is 22.3. The molecule has 1 atom stereocenters. The van der Waals surface area contributed by atoms with Crippen LogP contribution in [0.2, 0.25) is 0 Å². The van der Waals surface area contributed by atoms with Crippen molar-refractivity contribution in [1.29, 1.82) is 0 Å². The number of nitrogens with one attached hydrogen (secondary N) is 1. The summed E-state index contributed by atoms with van der Waals surface area (Å²) >= 11 is 0. The molecule has 0 spiro atoms. The number of non-ortho nitro benzene ring substituents is 1. The van der Waals surface area contributed by atoms with Crippen molar-refractivity contribution in [3.8, 4) is 0 Å². The fourth-order valence-electron chi connectivity index (χ4n) is 1.92. The molecule has 2 rings (SSSR count). The van der Waals surface area contributed by atoms with Gasteiger partial charge in [-0.2, -0.15) is 0 Å². The number of hydrogen-bond acceptors (Lipinski definition) is 3. The van der Waals surface area contributed by atoms with Crippen molar-refractivity contribution in [1.82, 2.24) is 0 Å². The lowest BCUT2D eigenvalue weighted by Crippen LogP contribution is -2.18.